The molecule has 2 aliphatic heterocycles. The second-order valence-corrected chi connectivity index (χ2v) is 11.4. The zero-order valence-corrected chi connectivity index (χ0v) is 21.7. The molecule has 0 radical (unpaired) electrons. The van der Waals surface area contributed by atoms with Gasteiger partial charge < -0.3 is 20.1 Å². The summed E-state index contributed by atoms with van der Waals surface area (Å²) in [6.45, 7) is 5.30. The van der Waals surface area contributed by atoms with Crippen LogP contribution in [0.25, 0.3) is 16.7 Å². The maximum Gasteiger partial charge on any atom is 0.262 e. The van der Waals surface area contributed by atoms with E-state index < -0.39 is 5.60 Å². The fourth-order valence-corrected chi connectivity index (χ4v) is 5.75. The van der Waals surface area contributed by atoms with E-state index >= 15 is 0 Å². The van der Waals surface area contributed by atoms with Crippen molar-refractivity contribution in [3.05, 3.63) is 57.7 Å². The van der Waals surface area contributed by atoms with Gasteiger partial charge in [0.05, 0.1) is 36.8 Å². The number of aromatic nitrogens is 3. The molecular formula is C27H32ClN5O4. The van der Waals surface area contributed by atoms with Crippen molar-refractivity contribution in [2.45, 2.75) is 50.8 Å². The largest absolute Gasteiger partial charge is 0.388 e. The van der Waals surface area contributed by atoms with E-state index in [0.29, 0.717) is 48.7 Å². The molecule has 196 valence electrons. The van der Waals surface area contributed by atoms with Crippen molar-refractivity contribution in [2.24, 2.45) is 5.41 Å². The number of amides is 1. The molecule has 2 N–H and O–H groups in total. The van der Waals surface area contributed by atoms with E-state index in [9.17, 15) is 14.7 Å². The lowest BCUT2D eigenvalue weighted by atomic mass is 9.90. The molecule has 37 heavy (non-hydrogen) atoms. The van der Waals surface area contributed by atoms with Crippen LogP contribution in [0.15, 0.2) is 41.5 Å². The van der Waals surface area contributed by atoms with Gasteiger partial charge in [0.15, 0.2) is 5.65 Å². The Morgan fingerprint density at radius 3 is 2.59 bits per heavy atom. The lowest BCUT2D eigenvalue weighted by Gasteiger charge is -2.39. The Balaban J connectivity index is 1.21. The highest BCUT2D eigenvalue weighted by molar-refractivity contribution is 6.31. The summed E-state index contributed by atoms with van der Waals surface area (Å²) in [5.74, 6) is 0.183. The van der Waals surface area contributed by atoms with Crippen molar-refractivity contribution in [1.82, 2.24) is 24.3 Å². The van der Waals surface area contributed by atoms with Crippen molar-refractivity contribution in [2.75, 3.05) is 32.8 Å². The second-order valence-electron chi connectivity index (χ2n) is 11.0. The summed E-state index contributed by atoms with van der Waals surface area (Å²) in [5.41, 5.74) is 0.879. The van der Waals surface area contributed by atoms with Gasteiger partial charge in [0.25, 0.3) is 5.56 Å². The zero-order valence-electron chi connectivity index (χ0n) is 21.0. The van der Waals surface area contributed by atoms with Crippen molar-refractivity contribution in [3.63, 3.8) is 0 Å². The standard InChI is InChI=1S/C27H32ClN5O4/c1-26(6-7-26)25(35)31-11-8-27(36,9-12-31)16-32-17-30-23-20(24(32)34)14-22(28)33(23)19-4-2-18(3-5-19)21-15-37-13-10-29-21/h2-5,14,17,21,29,36H,6-13,15-16H2,1H3. The maximum atomic E-state index is 13.4. The van der Waals surface area contributed by atoms with Gasteiger partial charge >= 0.3 is 0 Å². The molecule has 1 atom stereocenters. The summed E-state index contributed by atoms with van der Waals surface area (Å²) in [6, 6.07) is 9.77. The molecule has 0 bridgehead atoms. The van der Waals surface area contributed by atoms with Crippen molar-refractivity contribution in [1.29, 1.82) is 0 Å². The fraction of sp³-hybridized carbons (Fsp3) is 0.519. The van der Waals surface area contributed by atoms with Crippen molar-refractivity contribution < 1.29 is 14.6 Å². The first-order chi connectivity index (χ1) is 17.8. The topological polar surface area (TPSA) is 102 Å². The van der Waals surface area contributed by atoms with Crippen LogP contribution in [0.2, 0.25) is 5.15 Å². The number of aliphatic hydroxyl groups is 1. The van der Waals surface area contributed by atoms with E-state index in [1.165, 1.54) is 10.9 Å². The van der Waals surface area contributed by atoms with Gasteiger partial charge in [-0.2, -0.15) is 0 Å². The number of benzene rings is 1. The monoisotopic (exact) mass is 525 g/mol. The Morgan fingerprint density at radius 2 is 1.95 bits per heavy atom. The molecule has 0 spiro atoms. The van der Waals surface area contributed by atoms with Crippen LogP contribution in [0.4, 0.5) is 0 Å². The average Bonchev–Trinajstić information content (AvgIpc) is 3.57. The molecule has 3 aliphatic rings. The SMILES string of the molecule is CC1(C(=O)N2CCC(O)(Cn3cnc4c(cc(Cl)n4-c4ccc(C5COCCN5)cc4)c3=O)CC2)CC1. The van der Waals surface area contributed by atoms with Crippen LogP contribution >= 0.6 is 11.6 Å². The molecule has 6 rings (SSSR count). The summed E-state index contributed by atoms with van der Waals surface area (Å²) in [5, 5.41) is 15.5. The second kappa shape index (κ2) is 9.23. The molecule has 1 aromatic carbocycles. The van der Waals surface area contributed by atoms with Gasteiger partial charge in [-0.1, -0.05) is 30.7 Å². The minimum absolute atomic E-state index is 0.127. The Labute approximate surface area is 220 Å². The molecule has 2 saturated heterocycles. The van der Waals surface area contributed by atoms with Gasteiger partial charge in [0.1, 0.15) is 11.5 Å². The van der Waals surface area contributed by atoms with Gasteiger partial charge in [-0.05, 0) is 49.4 Å². The van der Waals surface area contributed by atoms with Crippen LogP contribution in [0.5, 0.6) is 0 Å². The number of likely N-dealkylation sites (tertiary alicyclic amines) is 1. The maximum absolute atomic E-state index is 13.4. The predicted molar refractivity (Wildman–Crippen MR) is 140 cm³/mol. The van der Waals surface area contributed by atoms with Crippen LogP contribution < -0.4 is 10.9 Å². The number of hydrogen-bond acceptors (Lipinski definition) is 6. The number of ether oxygens (including phenoxy) is 1. The number of carbonyl (C=O) groups is 1. The molecule has 1 amide bonds. The number of carbonyl (C=O) groups excluding carboxylic acids is 1. The first kappa shape index (κ1) is 24.6. The summed E-state index contributed by atoms with van der Waals surface area (Å²) in [4.78, 5) is 32.4. The highest BCUT2D eigenvalue weighted by atomic mass is 35.5. The molecule has 4 heterocycles. The molecular weight excluding hydrogens is 494 g/mol. The fourth-order valence-electron chi connectivity index (χ4n) is 5.46. The normalized spacial score (nSPS) is 22.8. The van der Waals surface area contributed by atoms with Crippen LogP contribution in [0.3, 0.4) is 0 Å². The Hall–Kier alpha value is -2.72. The number of piperidine rings is 1. The Morgan fingerprint density at radius 1 is 1.22 bits per heavy atom. The summed E-state index contributed by atoms with van der Waals surface area (Å²) < 4.78 is 8.78. The lowest BCUT2D eigenvalue weighted by Crippen LogP contribution is -2.51. The molecule has 2 aromatic heterocycles. The predicted octanol–water partition coefficient (Wildman–Crippen LogP) is 2.66. The third-order valence-electron chi connectivity index (χ3n) is 8.18. The average molecular weight is 526 g/mol. The highest BCUT2D eigenvalue weighted by Crippen LogP contribution is 2.47. The minimum atomic E-state index is -1.07. The van der Waals surface area contributed by atoms with E-state index in [1.54, 1.807) is 10.6 Å². The van der Waals surface area contributed by atoms with Crippen LogP contribution in [0, 0.1) is 5.41 Å². The quantitative estimate of drug-likeness (QED) is 0.531. The van der Waals surface area contributed by atoms with Crippen molar-refractivity contribution >= 4 is 28.5 Å². The molecule has 1 saturated carbocycles. The summed E-state index contributed by atoms with van der Waals surface area (Å²) >= 11 is 6.58. The van der Waals surface area contributed by atoms with E-state index in [2.05, 4.69) is 10.3 Å². The summed E-state index contributed by atoms with van der Waals surface area (Å²) in [7, 11) is 0. The van der Waals surface area contributed by atoms with Crippen molar-refractivity contribution in [3.8, 4) is 5.69 Å². The molecule has 3 aromatic rings. The van der Waals surface area contributed by atoms with Gasteiger partial charge in [-0.15, -0.1) is 0 Å². The number of rotatable bonds is 5. The van der Waals surface area contributed by atoms with E-state index in [0.717, 1.165) is 37.2 Å². The number of nitrogens with one attached hydrogen (secondary N) is 1. The number of morpholine rings is 1. The van der Waals surface area contributed by atoms with Crippen LogP contribution in [-0.2, 0) is 16.1 Å². The molecule has 1 unspecified atom stereocenters. The van der Waals surface area contributed by atoms with Crippen LogP contribution in [0.1, 0.15) is 44.2 Å². The number of halogens is 1. The third-order valence-corrected chi connectivity index (χ3v) is 8.46. The number of fused-ring (bicyclic) bond motifs is 1. The van der Waals surface area contributed by atoms with Gasteiger partial charge in [0.2, 0.25) is 5.91 Å². The molecule has 1 aliphatic carbocycles. The minimum Gasteiger partial charge on any atom is -0.388 e. The summed E-state index contributed by atoms with van der Waals surface area (Å²) in [6.07, 6.45) is 4.21. The van der Waals surface area contributed by atoms with Gasteiger partial charge in [0, 0.05) is 30.7 Å². The first-order valence-corrected chi connectivity index (χ1v) is 13.3. The van der Waals surface area contributed by atoms with E-state index in [-0.39, 0.29) is 29.5 Å². The van der Waals surface area contributed by atoms with Gasteiger partial charge in [-0.3, -0.25) is 18.7 Å². The molecule has 3 fully saturated rings. The van der Waals surface area contributed by atoms with Crippen LogP contribution in [-0.4, -0.2) is 68.5 Å². The Bertz CT molecular complexity index is 1380. The smallest absolute Gasteiger partial charge is 0.262 e. The zero-order chi connectivity index (χ0) is 25.8. The first-order valence-electron chi connectivity index (χ1n) is 13.0. The molecule has 9 nitrogen and oxygen atoms in total. The Kier molecular flexibility index (Phi) is 6.14. The van der Waals surface area contributed by atoms with Gasteiger partial charge in [-0.25, -0.2) is 4.98 Å². The molecule has 10 heteroatoms. The number of nitrogens with zero attached hydrogens (tertiary/aromatic N) is 4. The van der Waals surface area contributed by atoms with E-state index in [4.69, 9.17) is 16.3 Å². The number of hydrogen-bond donors (Lipinski definition) is 2. The highest BCUT2D eigenvalue weighted by Gasteiger charge is 2.48. The van der Waals surface area contributed by atoms with E-state index in [1.807, 2.05) is 36.1 Å². The third kappa shape index (κ3) is 4.58. The lowest BCUT2D eigenvalue weighted by molar-refractivity contribution is -0.141.